The maximum absolute atomic E-state index is 12.3. The quantitative estimate of drug-likeness (QED) is 0.584. The van der Waals surface area contributed by atoms with Crippen molar-refractivity contribution in [2.75, 3.05) is 11.9 Å². The van der Waals surface area contributed by atoms with Crippen LogP contribution in [0.15, 0.2) is 29.2 Å². The molecule has 17 heavy (non-hydrogen) atoms. The van der Waals surface area contributed by atoms with Gasteiger partial charge < -0.3 is 10.4 Å². The summed E-state index contributed by atoms with van der Waals surface area (Å²) in [5.74, 6) is -3.32. The molecule has 2 N–H and O–H groups in total. The summed E-state index contributed by atoms with van der Waals surface area (Å²) in [6, 6.07) is 6.74. The molecular formula is C11H13F2NO2S. The van der Waals surface area contributed by atoms with Gasteiger partial charge in [0.25, 0.3) is 5.76 Å². The molecule has 0 aliphatic heterocycles. The Hall–Kier alpha value is -1.30. The van der Waals surface area contributed by atoms with E-state index in [1.54, 1.807) is 24.3 Å². The lowest BCUT2D eigenvalue weighted by atomic mass is 10.3. The number of hydrogen-bond acceptors (Lipinski definition) is 3. The molecule has 0 bridgehead atoms. The Kier molecular flexibility index (Phi) is 5.76. The maximum atomic E-state index is 12.3. The largest absolute Gasteiger partial charge is 0.481 e. The fourth-order valence-corrected chi connectivity index (χ4v) is 1.89. The van der Waals surface area contributed by atoms with Gasteiger partial charge in [-0.05, 0) is 18.6 Å². The number of thioether (sulfide) groups is 1. The van der Waals surface area contributed by atoms with Crippen LogP contribution >= 0.6 is 11.8 Å². The van der Waals surface area contributed by atoms with Crippen molar-refractivity contribution in [3.05, 3.63) is 24.3 Å². The van der Waals surface area contributed by atoms with Crippen molar-refractivity contribution >= 4 is 23.4 Å². The smallest absolute Gasteiger partial charge is 0.303 e. The normalized spacial score (nSPS) is 10.5. The Bertz CT molecular complexity index is 374. The number of nitrogens with one attached hydrogen (secondary N) is 1. The minimum absolute atomic E-state index is 0.0666. The second-order valence-electron chi connectivity index (χ2n) is 3.30. The molecule has 0 amide bonds. The topological polar surface area (TPSA) is 49.3 Å². The highest BCUT2D eigenvalue weighted by Crippen LogP contribution is 2.31. The van der Waals surface area contributed by atoms with E-state index in [-0.39, 0.29) is 6.42 Å². The van der Waals surface area contributed by atoms with E-state index < -0.39 is 11.7 Å². The Morgan fingerprint density at radius 2 is 2.12 bits per heavy atom. The van der Waals surface area contributed by atoms with E-state index >= 15 is 0 Å². The highest BCUT2D eigenvalue weighted by atomic mass is 32.2. The van der Waals surface area contributed by atoms with Crippen molar-refractivity contribution in [2.24, 2.45) is 0 Å². The van der Waals surface area contributed by atoms with Crippen LogP contribution in [-0.4, -0.2) is 23.4 Å². The average Bonchev–Trinajstić information content (AvgIpc) is 2.25. The number of hydrogen-bond donors (Lipinski definition) is 2. The number of carbonyl (C=O) groups is 1. The Morgan fingerprint density at radius 3 is 2.76 bits per heavy atom. The van der Waals surface area contributed by atoms with Gasteiger partial charge in [0.2, 0.25) is 0 Å². The zero-order valence-electron chi connectivity index (χ0n) is 9.03. The number of para-hydroxylation sites is 1. The molecular weight excluding hydrogens is 248 g/mol. The first kappa shape index (κ1) is 13.8. The van der Waals surface area contributed by atoms with E-state index in [0.717, 1.165) is 0 Å². The molecule has 0 radical (unpaired) electrons. The van der Waals surface area contributed by atoms with Crippen molar-refractivity contribution in [1.82, 2.24) is 0 Å². The first-order valence-corrected chi connectivity index (χ1v) is 5.97. The molecule has 3 nitrogen and oxygen atoms in total. The Labute approximate surface area is 102 Å². The van der Waals surface area contributed by atoms with Crippen LogP contribution in [0.5, 0.6) is 0 Å². The van der Waals surface area contributed by atoms with Crippen molar-refractivity contribution < 1.29 is 18.7 Å². The molecule has 0 aliphatic carbocycles. The van der Waals surface area contributed by atoms with E-state index in [2.05, 4.69) is 5.32 Å². The van der Waals surface area contributed by atoms with Gasteiger partial charge in [0.1, 0.15) is 0 Å². The number of rotatable bonds is 7. The van der Waals surface area contributed by atoms with Crippen LogP contribution in [-0.2, 0) is 4.79 Å². The van der Waals surface area contributed by atoms with Crippen LogP contribution in [0.1, 0.15) is 12.8 Å². The lowest BCUT2D eigenvalue weighted by Crippen LogP contribution is -2.05. The summed E-state index contributed by atoms with van der Waals surface area (Å²) in [5, 5.41) is 11.4. The number of carboxylic acid groups (broad SMARTS) is 1. The second kappa shape index (κ2) is 7.11. The van der Waals surface area contributed by atoms with Gasteiger partial charge in [-0.1, -0.05) is 23.9 Å². The molecule has 0 atom stereocenters. The van der Waals surface area contributed by atoms with Crippen molar-refractivity contribution in [1.29, 1.82) is 0 Å². The molecule has 0 fully saturated rings. The molecule has 0 unspecified atom stereocenters. The third-order valence-corrected chi connectivity index (χ3v) is 2.77. The Balaban J connectivity index is 2.49. The first-order valence-electron chi connectivity index (χ1n) is 5.09. The number of halogens is 2. The first-order chi connectivity index (χ1) is 8.09. The van der Waals surface area contributed by atoms with Crippen molar-refractivity contribution in [3.63, 3.8) is 0 Å². The third kappa shape index (κ3) is 5.53. The molecule has 0 saturated heterocycles. The molecule has 1 rings (SSSR count). The van der Waals surface area contributed by atoms with E-state index in [4.69, 9.17) is 5.11 Å². The summed E-state index contributed by atoms with van der Waals surface area (Å²) < 4.78 is 24.5. The third-order valence-electron chi connectivity index (χ3n) is 1.99. The zero-order chi connectivity index (χ0) is 12.7. The standard InChI is InChI=1S/C11H13F2NO2S/c12-11(13)17-9-5-2-1-4-8(9)14-7-3-6-10(15)16/h1-2,4-5,11,14H,3,6-7H2,(H,15,16). The summed E-state index contributed by atoms with van der Waals surface area (Å²) in [6.07, 6.45) is 0.528. The van der Waals surface area contributed by atoms with Gasteiger partial charge in [0, 0.05) is 23.5 Å². The lowest BCUT2D eigenvalue weighted by molar-refractivity contribution is -0.137. The van der Waals surface area contributed by atoms with Crippen molar-refractivity contribution in [3.8, 4) is 0 Å². The van der Waals surface area contributed by atoms with E-state index in [1.165, 1.54) is 0 Å². The number of aliphatic carboxylic acids is 1. The monoisotopic (exact) mass is 261 g/mol. The molecule has 6 heteroatoms. The highest BCUT2D eigenvalue weighted by molar-refractivity contribution is 7.99. The molecule has 0 spiro atoms. The number of alkyl halides is 2. The molecule has 1 aromatic rings. The molecule has 0 saturated carbocycles. The molecule has 0 aliphatic rings. The van der Waals surface area contributed by atoms with Crippen LogP contribution in [0.2, 0.25) is 0 Å². The summed E-state index contributed by atoms with van der Waals surface area (Å²) in [6.45, 7) is 0.451. The molecule has 1 aromatic carbocycles. The number of benzene rings is 1. The van der Waals surface area contributed by atoms with Crippen LogP contribution in [0.4, 0.5) is 14.5 Å². The van der Waals surface area contributed by atoms with Gasteiger partial charge in [-0.25, -0.2) is 0 Å². The molecule has 0 heterocycles. The van der Waals surface area contributed by atoms with E-state index in [0.29, 0.717) is 35.3 Å². The van der Waals surface area contributed by atoms with Gasteiger partial charge >= 0.3 is 5.97 Å². The van der Waals surface area contributed by atoms with E-state index in [1.807, 2.05) is 0 Å². The van der Waals surface area contributed by atoms with Crippen molar-refractivity contribution in [2.45, 2.75) is 23.5 Å². The molecule has 0 aromatic heterocycles. The Morgan fingerprint density at radius 1 is 1.41 bits per heavy atom. The predicted molar refractivity (Wildman–Crippen MR) is 63.7 cm³/mol. The van der Waals surface area contributed by atoms with Crippen LogP contribution < -0.4 is 5.32 Å². The maximum Gasteiger partial charge on any atom is 0.303 e. The van der Waals surface area contributed by atoms with Crippen LogP contribution in [0, 0.1) is 0 Å². The zero-order valence-corrected chi connectivity index (χ0v) is 9.84. The SMILES string of the molecule is O=C(O)CCCNc1ccccc1SC(F)F. The minimum atomic E-state index is -2.46. The average molecular weight is 261 g/mol. The van der Waals surface area contributed by atoms with Crippen LogP contribution in [0.3, 0.4) is 0 Å². The van der Waals surface area contributed by atoms with Gasteiger partial charge in [-0.2, -0.15) is 8.78 Å². The predicted octanol–water partition coefficient (Wildman–Crippen LogP) is 3.28. The summed E-state index contributed by atoms with van der Waals surface area (Å²) in [4.78, 5) is 10.8. The van der Waals surface area contributed by atoms with Gasteiger partial charge in [-0.15, -0.1) is 0 Å². The van der Waals surface area contributed by atoms with Gasteiger partial charge in [0.15, 0.2) is 0 Å². The molecule has 94 valence electrons. The highest BCUT2D eigenvalue weighted by Gasteiger charge is 2.09. The van der Waals surface area contributed by atoms with Crippen LogP contribution in [0.25, 0.3) is 0 Å². The van der Waals surface area contributed by atoms with E-state index in [9.17, 15) is 13.6 Å². The number of carboxylic acids is 1. The summed E-state index contributed by atoms with van der Waals surface area (Å²) in [7, 11) is 0. The number of anilines is 1. The van der Waals surface area contributed by atoms with Gasteiger partial charge in [-0.3, -0.25) is 4.79 Å². The summed E-state index contributed by atoms with van der Waals surface area (Å²) >= 11 is 0.477. The summed E-state index contributed by atoms with van der Waals surface area (Å²) in [5.41, 5.74) is 0.614. The lowest BCUT2D eigenvalue weighted by Gasteiger charge is -2.10. The van der Waals surface area contributed by atoms with Gasteiger partial charge in [0.05, 0.1) is 0 Å². The fraction of sp³-hybridized carbons (Fsp3) is 0.364. The minimum Gasteiger partial charge on any atom is -0.481 e. The fourth-order valence-electron chi connectivity index (χ4n) is 1.27. The second-order valence-corrected chi connectivity index (χ2v) is 4.33.